The van der Waals surface area contributed by atoms with Crippen molar-refractivity contribution in [3.63, 3.8) is 0 Å². The molecule has 0 aliphatic heterocycles. The van der Waals surface area contributed by atoms with E-state index in [4.69, 9.17) is 6.42 Å². The lowest BCUT2D eigenvalue weighted by Crippen LogP contribution is -2.21. The average Bonchev–Trinajstić information content (AvgIpc) is 2.27. The molecule has 0 unspecified atom stereocenters. The first kappa shape index (κ1) is 13.1. The summed E-state index contributed by atoms with van der Waals surface area (Å²) >= 11 is 0. The Morgan fingerprint density at radius 2 is 2.12 bits per heavy atom. The average molecular weight is 241 g/mol. The van der Waals surface area contributed by atoms with Crippen molar-refractivity contribution in [3.05, 3.63) is 29.3 Å². The van der Waals surface area contributed by atoms with Crippen molar-refractivity contribution in [1.29, 1.82) is 0 Å². The van der Waals surface area contributed by atoms with Crippen molar-refractivity contribution in [3.8, 4) is 12.3 Å². The van der Waals surface area contributed by atoms with Crippen molar-refractivity contribution < 1.29 is 18.0 Å². The van der Waals surface area contributed by atoms with Crippen molar-refractivity contribution >= 4 is 12.0 Å². The number of aldehydes is 1. The Balaban J connectivity index is 3.30. The fourth-order valence-corrected chi connectivity index (χ4v) is 1.41. The van der Waals surface area contributed by atoms with Crippen molar-refractivity contribution in [2.45, 2.75) is 6.18 Å². The molecule has 17 heavy (non-hydrogen) atoms. The Morgan fingerprint density at radius 1 is 1.47 bits per heavy atom. The second-order valence-electron chi connectivity index (χ2n) is 3.45. The van der Waals surface area contributed by atoms with Crippen LogP contribution in [0.5, 0.6) is 0 Å². The van der Waals surface area contributed by atoms with Gasteiger partial charge in [-0.1, -0.05) is 5.92 Å². The number of hydrogen-bond acceptors (Lipinski definition) is 2. The van der Waals surface area contributed by atoms with Crippen LogP contribution < -0.4 is 4.90 Å². The maximum Gasteiger partial charge on any atom is 0.418 e. The van der Waals surface area contributed by atoms with Crippen LogP contribution >= 0.6 is 0 Å². The van der Waals surface area contributed by atoms with Gasteiger partial charge in [0.15, 0.2) is 0 Å². The number of benzene rings is 1. The van der Waals surface area contributed by atoms with Crippen LogP contribution in [0.25, 0.3) is 0 Å². The molecule has 1 aromatic carbocycles. The lowest BCUT2D eigenvalue weighted by Gasteiger charge is -2.21. The maximum absolute atomic E-state index is 12.8. The molecule has 0 N–H and O–H groups in total. The van der Waals surface area contributed by atoms with Gasteiger partial charge in [0.1, 0.15) is 6.29 Å². The largest absolute Gasteiger partial charge is 0.418 e. The normalized spacial score (nSPS) is 10.8. The van der Waals surface area contributed by atoms with Crippen molar-refractivity contribution in [1.82, 2.24) is 0 Å². The van der Waals surface area contributed by atoms with Gasteiger partial charge in [-0.3, -0.25) is 4.79 Å². The van der Waals surface area contributed by atoms with Crippen LogP contribution in [-0.4, -0.2) is 19.9 Å². The third kappa shape index (κ3) is 3.00. The standard InChI is InChI=1S/C12H10F3NO/c1-3-6-16(2)11-5-4-9(8-17)7-10(11)12(13,14)15/h1,4-5,7-8H,6H2,2H3. The third-order valence-corrected chi connectivity index (χ3v) is 2.20. The van der Waals surface area contributed by atoms with E-state index in [0.29, 0.717) is 6.29 Å². The number of alkyl halides is 3. The van der Waals surface area contributed by atoms with E-state index < -0.39 is 11.7 Å². The molecule has 5 heteroatoms. The summed E-state index contributed by atoms with van der Waals surface area (Å²) in [5.41, 5.74) is -0.920. The monoisotopic (exact) mass is 241 g/mol. The summed E-state index contributed by atoms with van der Waals surface area (Å²) in [6.07, 6.45) is 0.911. The second-order valence-corrected chi connectivity index (χ2v) is 3.45. The Morgan fingerprint density at radius 3 is 2.59 bits per heavy atom. The summed E-state index contributed by atoms with van der Waals surface area (Å²) in [6, 6.07) is 3.38. The summed E-state index contributed by atoms with van der Waals surface area (Å²) in [5.74, 6) is 2.26. The quantitative estimate of drug-likeness (QED) is 0.598. The van der Waals surface area contributed by atoms with Crippen LogP contribution in [0.1, 0.15) is 15.9 Å². The van der Waals surface area contributed by atoms with Gasteiger partial charge in [-0.15, -0.1) is 6.42 Å². The first-order chi connectivity index (χ1) is 7.90. The molecule has 0 bridgehead atoms. The summed E-state index contributed by atoms with van der Waals surface area (Å²) in [7, 11) is 1.46. The van der Waals surface area contributed by atoms with Gasteiger partial charge in [-0.05, 0) is 18.2 Å². The highest BCUT2D eigenvalue weighted by atomic mass is 19.4. The summed E-state index contributed by atoms with van der Waals surface area (Å²) in [5, 5.41) is 0. The van der Waals surface area contributed by atoms with E-state index in [9.17, 15) is 18.0 Å². The van der Waals surface area contributed by atoms with Gasteiger partial charge in [0.2, 0.25) is 0 Å². The third-order valence-electron chi connectivity index (χ3n) is 2.20. The van der Waals surface area contributed by atoms with Gasteiger partial charge in [0.05, 0.1) is 12.1 Å². The molecule has 1 rings (SSSR count). The number of nitrogens with zero attached hydrogens (tertiary/aromatic N) is 1. The minimum Gasteiger partial charge on any atom is -0.363 e. The predicted molar refractivity (Wildman–Crippen MR) is 58.9 cm³/mol. The van der Waals surface area contributed by atoms with E-state index in [-0.39, 0.29) is 17.8 Å². The highest BCUT2D eigenvalue weighted by Crippen LogP contribution is 2.36. The molecule has 2 nitrogen and oxygen atoms in total. The van der Waals surface area contributed by atoms with Crippen LogP contribution in [0.4, 0.5) is 18.9 Å². The van der Waals surface area contributed by atoms with E-state index in [1.165, 1.54) is 24.1 Å². The number of halogens is 3. The fraction of sp³-hybridized carbons (Fsp3) is 0.250. The zero-order valence-electron chi connectivity index (χ0n) is 9.08. The topological polar surface area (TPSA) is 20.3 Å². The highest BCUT2D eigenvalue weighted by Gasteiger charge is 2.34. The number of carbonyl (C=O) groups excluding carboxylic acids is 1. The predicted octanol–water partition coefficient (Wildman–Crippen LogP) is 2.59. The molecule has 0 atom stereocenters. The smallest absolute Gasteiger partial charge is 0.363 e. The van der Waals surface area contributed by atoms with E-state index in [1.807, 2.05) is 0 Å². The molecule has 0 saturated carbocycles. The highest BCUT2D eigenvalue weighted by molar-refractivity contribution is 5.77. The van der Waals surface area contributed by atoms with Gasteiger partial charge in [-0.2, -0.15) is 13.2 Å². The van der Waals surface area contributed by atoms with Crippen molar-refractivity contribution in [2.75, 3.05) is 18.5 Å². The Kier molecular flexibility index (Phi) is 3.79. The number of carbonyl (C=O) groups is 1. The van der Waals surface area contributed by atoms with Gasteiger partial charge < -0.3 is 4.90 Å². The maximum atomic E-state index is 12.8. The Labute approximate surface area is 97.0 Å². The summed E-state index contributed by atoms with van der Waals surface area (Å²) in [6.45, 7) is 0.0590. The Hall–Kier alpha value is -1.96. The number of anilines is 1. The van der Waals surface area contributed by atoms with Crippen LogP contribution in [-0.2, 0) is 6.18 Å². The van der Waals surface area contributed by atoms with Crippen LogP contribution in [0.15, 0.2) is 18.2 Å². The minimum atomic E-state index is -4.52. The van der Waals surface area contributed by atoms with Crippen LogP contribution in [0.2, 0.25) is 0 Å². The lowest BCUT2D eigenvalue weighted by atomic mass is 10.1. The molecule has 0 fully saturated rings. The molecule has 0 saturated heterocycles. The van der Waals surface area contributed by atoms with Crippen molar-refractivity contribution in [2.24, 2.45) is 0 Å². The lowest BCUT2D eigenvalue weighted by molar-refractivity contribution is -0.137. The molecule has 0 aromatic heterocycles. The molecule has 1 aromatic rings. The number of terminal acetylenes is 1. The zero-order valence-corrected chi connectivity index (χ0v) is 9.08. The van der Waals surface area contributed by atoms with Gasteiger partial charge in [0.25, 0.3) is 0 Å². The molecule has 0 heterocycles. The molecule has 90 valence electrons. The number of hydrogen-bond donors (Lipinski definition) is 0. The molecule has 0 amide bonds. The molecule has 0 aliphatic rings. The molecule has 0 aliphatic carbocycles. The first-order valence-corrected chi connectivity index (χ1v) is 4.71. The summed E-state index contributed by atoms with van der Waals surface area (Å²) < 4.78 is 38.3. The fourth-order valence-electron chi connectivity index (χ4n) is 1.41. The van der Waals surface area contributed by atoms with E-state index in [2.05, 4.69) is 5.92 Å². The number of rotatable bonds is 3. The van der Waals surface area contributed by atoms with E-state index in [1.54, 1.807) is 0 Å². The SMILES string of the molecule is C#CCN(C)c1ccc(C=O)cc1C(F)(F)F. The van der Waals surface area contributed by atoms with E-state index >= 15 is 0 Å². The molecule has 0 spiro atoms. The molecule has 0 radical (unpaired) electrons. The minimum absolute atomic E-state index is 0.0183. The molecular weight excluding hydrogens is 231 g/mol. The van der Waals surface area contributed by atoms with Crippen LogP contribution in [0.3, 0.4) is 0 Å². The molecular formula is C12H10F3NO. The Bertz CT molecular complexity index is 460. The van der Waals surface area contributed by atoms with Gasteiger partial charge in [-0.25, -0.2) is 0 Å². The zero-order chi connectivity index (χ0) is 13.1. The first-order valence-electron chi connectivity index (χ1n) is 4.71. The summed E-state index contributed by atoms with van der Waals surface area (Å²) in [4.78, 5) is 11.8. The second kappa shape index (κ2) is 4.91. The van der Waals surface area contributed by atoms with Crippen LogP contribution in [0, 0.1) is 12.3 Å². The van der Waals surface area contributed by atoms with Gasteiger partial charge >= 0.3 is 6.18 Å². The van der Waals surface area contributed by atoms with Gasteiger partial charge in [0, 0.05) is 18.3 Å². The van der Waals surface area contributed by atoms with E-state index in [0.717, 1.165) is 6.07 Å².